The van der Waals surface area contributed by atoms with Crippen molar-refractivity contribution in [3.05, 3.63) is 82.8 Å². The van der Waals surface area contributed by atoms with Gasteiger partial charge in [-0.2, -0.15) is 9.41 Å². The molecule has 0 saturated heterocycles. The topological polar surface area (TPSA) is 87.5 Å². The van der Waals surface area contributed by atoms with Crippen molar-refractivity contribution in [2.75, 3.05) is 18.5 Å². The van der Waals surface area contributed by atoms with Gasteiger partial charge in [-0.3, -0.25) is 5.43 Å². The highest BCUT2D eigenvalue weighted by molar-refractivity contribution is 7.89. The van der Waals surface area contributed by atoms with Gasteiger partial charge in [-0.1, -0.05) is 38.1 Å². The molecule has 0 aliphatic heterocycles. The zero-order valence-electron chi connectivity index (χ0n) is 19.2. The van der Waals surface area contributed by atoms with E-state index in [0.29, 0.717) is 24.5 Å². The number of nitrogens with zero attached hydrogens (tertiary/aromatic N) is 4. The van der Waals surface area contributed by atoms with Crippen molar-refractivity contribution in [2.24, 2.45) is 5.10 Å². The Bertz CT molecular complexity index is 1480. The first-order valence-electron chi connectivity index (χ1n) is 11.2. The van der Waals surface area contributed by atoms with E-state index < -0.39 is 10.0 Å². The molecule has 0 spiro atoms. The molecule has 7 nitrogen and oxygen atoms in total. The second kappa shape index (κ2) is 9.82. The van der Waals surface area contributed by atoms with Crippen molar-refractivity contribution in [1.82, 2.24) is 14.3 Å². The second-order valence-electron chi connectivity index (χ2n) is 7.66. The first-order chi connectivity index (χ1) is 17.0. The molecule has 0 atom stereocenters. The minimum Gasteiger partial charge on any atom is -0.278 e. The van der Waals surface area contributed by atoms with E-state index in [9.17, 15) is 8.42 Å². The van der Waals surface area contributed by atoms with Gasteiger partial charge in [0, 0.05) is 13.1 Å². The fraction of sp³-hybridized carbons (Fsp3) is 0.160. The van der Waals surface area contributed by atoms with Crippen LogP contribution >= 0.6 is 22.7 Å². The van der Waals surface area contributed by atoms with Crippen LogP contribution in [-0.4, -0.2) is 41.5 Å². The Morgan fingerprint density at radius 1 is 0.829 bits per heavy atom. The Labute approximate surface area is 211 Å². The molecule has 1 N–H and O–H groups in total. The van der Waals surface area contributed by atoms with Crippen LogP contribution in [0.5, 0.6) is 0 Å². The number of hydrazone groups is 1. The number of fused-ring (bicyclic) bond motifs is 2. The summed E-state index contributed by atoms with van der Waals surface area (Å²) >= 11 is 3.12. The van der Waals surface area contributed by atoms with E-state index in [1.807, 2.05) is 62.4 Å². The highest BCUT2D eigenvalue weighted by atomic mass is 32.2. The van der Waals surface area contributed by atoms with Crippen LogP contribution in [0.2, 0.25) is 0 Å². The van der Waals surface area contributed by atoms with Crippen LogP contribution in [0.1, 0.15) is 23.9 Å². The number of hydrogen-bond donors (Lipinski definition) is 1. The maximum atomic E-state index is 12.8. The lowest BCUT2D eigenvalue weighted by Gasteiger charge is -2.18. The van der Waals surface area contributed by atoms with Gasteiger partial charge in [-0.05, 0) is 48.5 Å². The quantitative estimate of drug-likeness (QED) is 0.206. The largest absolute Gasteiger partial charge is 0.278 e. The van der Waals surface area contributed by atoms with Crippen molar-refractivity contribution in [3.8, 4) is 0 Å². The monoisotopic (exact) mass is 521 g/mol. The maximum absolute atomic E-state index is 12.8. The summed E-state index contributed by atoms with van der Waals surface area (Å²) in [5.74, 6) is 0. The predicted octanol–water partition coefficient (Wildman–Crippen LogP) is 5.80. The Hall–Kier alpha value is -3.18. The first kappa shape index (κ1) is 23.6. The van der Waals surface area contributed by atoms with E-state index in [0.717, 1.165) is 30.4 Å². The summed E-state index contributed by atoms with van der Waals surface area (Å²) in [4.78, 5) is 9.83. The van der Waals surface area contributed by atoms with Crippen LogP contribution in [0.15, 0.2) is 82.8 Å². The van der Waals surface area contributed by atoms with Gasteiger partial charge in [0.05, 0.1) is 31.0 Å². The zero-order valence-corrected chi connectivity index (χ0v) is 21.6. The van der Waals surface area contributed by atoms with Crippen molar-refractivity contribution < 1.29 is 8.42 Å². The number of para-hydroxylation sites is 2. The van der Waals surface area contributed by atoms with E-state index in [4.69, 9.17) is 9.97 Å². The van der Waals surface area contributed by atoms with E-state index in [1.165, 1.54) is 4.31 Å². The molecular weight excluding hydrogens is 499 g/mol. The molecule has 5 aromatic rings. The Balaban J connectivity index is 1.51. The molecule has 0 aliphatic carbocycles. The number of aromatic nitrogens is 2. The van der Waals surface area contributed by atoms with Gasteiger partial charge in [0.25, 0.3) is 0 Å². The summed E-state index contributed by atoms with van der Waals surface area (Å²) < 4.78 is 29.1. The summed E-state index contributed by atoms with van der Waals surface area (Å²) in [6, 6.07) is 22.6. The SMILES string of the molecule is CCN(CC)S(=O)(=O)c1ccc(NN=C(c2nc3ccccc3s2)c2nc3ccccc3s2)cc1. The van der Waals surface area contributed by atoms with E-state index >= 15 is 0 Å². The maximum Gasteiger partial charge on any atom is 0.243 e. The average molecular weight is 522 g/mol. The average Bonchev–Trinajstić information content (AvgIpc) is 3.49. The number of sulfonamides is 1. The molecule has 35 heavy (non-hydrogen) atoms. The molecule has 3 aromatic carbocycles. The summed E-state index contributed by atoms with van der Waals surface area (Å²) in [6.45, 7) is 4.52. The third-order valence-electron chi connectivity index (χ3n) is 5.49. The molecule has 0 fully saturated rings. The van der Waals surface area contributed by atoms with Crippen LogP contribution in [0.25, 0.3) is 20.4 Å². The fourth-order valence-electron chi connectivity index (χ4n) is 3.67. The molecule has 5 rings (SSSR count). The van der Waals surface area contributed by atoms with Gasteiger partial charge >= 0.3 is 0 Å². The molecule has 2 aromatic heterocycles. The Kier molecular flexibility index (Phi) is 6.61. The van der Waals surface area contributed by atoms with Crippen LogP contribution < -0.4 is 5.43 Å². The molecule has 2 heterocycles. The molecular formula is C25H23N5O2S3. The van der Waals surface area contributed by atoms with Gasteiger partial charge < -0.3 is 0 Å². The van der Waals surface area contributed by atoms with Crippen LogP contribution in [0.4, 0.5) is 5.69 Å². The van der Waals surface area contributed by atoms with Gasteiger partial charge in [0.2, 0.25) is 10.0 Å². The highest BCUT2D eigenvalue weighted by Gasteiger charge is 2.21. The molecule has 0 bridgehead atoms. The zero-order chi connectivity index (χ0) is 24.4. The number of nitrogens with one attached hydrogen (secondary N) is 1. The fourth-order valence-corrected chi connectivity index (χ4v) is 7.10. The highest BCUT2D eigenvalue weighted by Crippen LogP contribution is 2.29. The second-order valence-corrected chi connectivity index (χ2v) is 11.7. The Morgan fingerprint density at radius 2 is 1.34 bits per heavy atom. The van der Waals surface area contributed by atoms with E-state index in [2.05, 4.69) is 10.5 Å². The van der Waals surface area contributed by atoms with Gasteiger partial charge in [0.1, 0.15) is 10.0 Å². The Morgan fingerprint density at radius 3 is 1.83 bits per heavy atom. The molecule has 10 heteroatoms. The molecule has 0 saturated carbocycles. The number of benzene rings is 3. The number of thiazole rings is 2. The van der Waals surface area contributed by atoms with Crippen LogP contribution in [0.3, 0.4) is 0 Å². The van der Waals surface area contributed by atoms with Crippen molar-refractivity contribution in [1.29, 1.82) is 0 Å². The van der Waals surface area contributed by atoms with Crippen LogP contribution in [0, 0.1) is 0 Å². The summed E-state index contributed by atoms with van der Waals surface area (Å²) in [5.41, 5.74) is 6.21. The lowest BCUT2D eigenvalue weighted by atomic mass is 10.3. The van der Waals surface area contributed by atoms with Crippen molar-refractivity contribution >= 4 is 64.5 Å². The number of hydrogen-bond acceptors (Lipinski definition) is 8. The minimum atomic E-state index is -3.51. The third-order valence-corrected chi connectivity index (χ3v) is 9.64. The minimum absolute atomic E-state index is 0.258. The van der Waals surface area contributed by atoms with Gasteiger partial charge in [0.15, 0.2) is 5.71 Å². The number of rotatable bonds is 8. The smallest absolute Gasteiger partial charge is 0.243 e. The summed E-state index contributed by atoms with van der Waals surface area (Å²) in [5, 5.41) is 6.21. The van der Waals surface area contributed by atoms with Crippen LogP contribution in [-0.2, 0) is 10.0 Å². The first-order valence-corrected chi connectivity index (χ1v) is 14.2. The lowest BCUT2D eigenvalue weighted by Crippen LogP contribution is -2.30. The molecule has 0 aliphatic rings. The number of anilines is 1. The molecule has 0 radical (unpaired) electrons. The predicted molar refractivity (Wildman–Crippen MR) is 145 cm³/mol. The molecule has 0 amide bonds. The third kappa shape index (κ3) is 4.70. The van der Waals surface area contributed by atoms with E-state index in [-0.39, 0.29) is 4.90 Å². The van der Waals surface area contributed by atoms with E-state index in [1.54, 1.807) is 46.9 Å². The van der Waals surface area contributed by atoms with Gasteiger partial charge in [-0.25, -0.2) is 18.4 Å². The summed E-state index contributed by atoms with van der Waals surface area (Å²) in [7, 11) is -3.51. The lowest BCUT2D eigenvalue weighted by molar-refractivity contribution is 0.445. The molecule has 178 valence electrons. The standard InChI is InChI=1S/C25H23N5O2S3/c1-3-30(4-2)35(31,32)18-15-13-17(14-16-18)28-29-23(24-26-19-9-5-7-11-21(19)33-24)25-27-20-10-6-8-12-22(20)34-25/h5-16,28H,3-4H2,1-2H3. The summed E-state index contributed by atoms with van der Waals surface area (Å²) in [6.07, 6.45) is 0. The normalized spacial score (nSPS) is 11.9. The van der Waals surface area contributed by atoms with Crippen molar-refractivity contribution in [3.63, 3.8) is 0 Å². The molecule has 0 unspecified atom stereocenters. The van der Waals surface area contributed by atoms with Gasteiger partial charge in [-0.15, -0.1) is 22.7 Å². The van der Waals surface area contributed by atoms with Crippen molar-refractivity contribution in [2.45, 2.75) is 18.7 Å².